The number of fused-ring (bicyclic) bond motifs is 5. The van der Waals surface area contributed by atoms with Crippen molar-refractivity contribution in [3.05, 3.63) is 11.6 Å². The normalized spacial score (nSPS) is 50.3. The number of aliphatic hydroxyl groups excluding tert-OH is 12. The molecule has 0 aromatic heterocycles. The van der Waals surface area contributed by atoms with Gasteiger partial charge in [0, 0.05) is 5.41 Å². The van der Waals surface area contributed by atoms with E-state index >= 15 is 0 Å². The molecule has 6 fully saturated rings. The number of allylic oxidation sites excluding steroid dienone is 1. The van der Waals surface area contributed by atoms with Crippen LogP contribution in [0.3, 0.4) is 0 Å². The molecule has 0 aromatic carbocycles. The fourth-order valence-electron chi connectivity index (χ4n) is 13.9. The topological polar surface area (TPSA) is 318 Å². The lowest BCUT2D eigenvalue weighted by molar-refractivity contribution is -0.366. The molecule has 0 radical (unpaired) electrons. The molecular formula is C47H80O19. The van der Waals surface area contributed by atoms with Crippen molar-refractivity contribution >= 4 is 0 Å². The predicted octanol–water partition coefficient (Wildman–Crippen LogP) is -1.45. The summed E-state index contributed by atoms with van der Waals surface area (Å²) in [4.78, 5) is 0. The van der Waals surface area contributed by atoms with Crippen LogP contribution >= 0.6 is 0 Å². The smallest absolute Gasteiger partial charge is 0.187 e. The highest BCUT2D eigenvalue weighted by molar-refractivity contribution is 5.30. The van der Waals surface area contributed by atoms with Crippen LogP contribution in [0.2, 0.25) is 0 Å². The van der Waals surface area contributed by atoms with Crippen LogP contribution in [0.4, 0.5) is 0 Å². The standard InChI is InChI=1S/C47H80O19/c1-20(29(50)34(55)39(59)44(4,5)60)21-13-14-47(8)27-11-9-22-23(45(27,6)15-16-46(21,47)7)10-12-28(43(22,2)3)65-42-37(58)33(54)38(66-41-35(56)30(51)24(49)18-61-41)26(64-42)19-62-40-36(57)32(53)31(52)25(17-48)63-40/h9,20-21,23-42,48-60H,10-19H2,1-8H3/t20-,21-,23+,24-,25-,26-,27-,28+,29+,30+,31-,32+,33+,34+,35+,36+,37+,38-,39-,40-,41+,42+,45+,46-,47-/m1/s1. The Morgan fingerprint density at radius 1 is 0.712 bits per heavy atom. The van der Waals surface area contributed by atoms with Crippen molar-refractivity contribution < 1.29 is 94.8 Å². The molecular weight excluding hydrogens is 868 g/mol. The van der Waals surface area contributed by atoms with Gasteiger partial charge in [0.25, 0.3) is 0 Å². The maximum absolute atomic E-state index is 11.7. The van der Waals surface area contributed by atoms with Gasteiger partial charge in [-0.15, -0.1) is 0 Å². The molecule has 66 heavy (non-hydrogen) atoms. The first-order valence-corrected chi connectivity index (χ1v) is 24.0. The molecule has 7 rings (SSSR count). The highest BCUT2D eigenvalue weighted by atomic mass is 16.8. The molecule has 25 atom stereocenters. The van der Waals surface area contributed by atoms with E-state index in [2.05, 4.69) is 40.7 Å². The molecule has 3 saturated heterocycles. The van der Waals surface area contributed by atoms with Gasteiger partial charge >= 0.3 is 0 Å². The Balaban J connectivity index is 1.08. The first-order chi connectivity index (χ1) is 30.6. The van der Waals surface area contributed by atoms with Crippen LogP contribution in [0.5, 0.6) is 0 Å². The maximum Gasteiger partial charge on any atom is 0.187 e. The van der Waals surface area contributed by atoms with E-state index < -0.39 is 141 Å². The number of hydrogen-bond acceptors (Lipinski definition) is 19. The average Bonchev–Trinajstić information content (AvgIpc) is 3.54. The summed E-state index contributed by atoms with van der Waals surface area (Å²) in [6.45, 7) is 14.5. The molecule has 0 amide bonds. The zero-order valence-electron chi connectivity index (χ0n) is 39.6. The van der Waals surface area contributed by atoms with Gasteiger partial charge in [-0.05, 0) is 98.7 Å². The monoisotopic (exact) mass is 949 g/mol. The van der Waals surface area contributed by atoms with E-state index in [0.717, 1.165) is 38.5 Å². The van der Waals surface area contributed by atoms with Crippen LogP contribution in [0.1, 0.15) is 100 Å². The molecule has 3 saturated carbocycles. The van der Waals surface area contributed by atoms with E-state index in [9.17, 15) is 66.4 Å². The summed E-state index contributed by atoms with van der Waals surface area (Å²) < 4.78 is 35.7. The summed E-state index contributed by atoms with van der Waals surface area (Å²) in [5, 5.41) is 139. The highest BCUT2D eigenvalue weighted by Crippen LogP contribution is 2.75. The molecule has 0 spiro atoms. The van der Waals surface area contributed by atoms with Gasteiger partial charge in [0.1, 0.15) is 79.4 Å². The Morgan fingerprint density at radius 2 is 1.35 bits per heavy atom. The predicted molar refractivity (Wildman–Crippen MR) is 230 cm³/mol. The number of hydrogen-bond donors (Lipinski definition) is 13. The van der Waals surface area contributed by atoms with Gasteiger partial charge in [0.15, 0.2) is 18.9 Å². The molecule has 0 unspecified atom stereocenters. The molecule has 13 N–H and O–H groups in total. The van der Waals surface area contributed by atoms with E-state index in [1.165, 1.54) is 19.4 Å². The van der Waals surface area contributed by atoms with Gasteiger partial charge in [-0.2, -0.15) is 0 Å². The second-order valence-electron chi connectivity index (χ2n) is 22.8. The number of rotatable bonds is 13. The van der Waals surface area contributed by atoms with Crippen molar-refractivity contribution in [3.8, 4) is 0 Å². The largest absolute Gasteiger partial charge is 0.394 e. The summed E-state index contributed by atoms with van der Waals surface area (Å²) in [5.41, 5.74) is -1.27. The molecule has 3 aliphatic heterocycles. The van der Waals surface area contributed by atoms with Gasteiger partial charge in [-0.1, -0.05) is 53.2 Å². The van der Waals surface area contributed by atoms with Crippen molar-refractivity contribution in [3.63, 3.8) is 0 Å². The van der Waals surface area contributed by atoms with Crippen molar-refractivity contribution in [2.45, 2.75) is 216 Å². The van der Waals surface area contributed by atoms with Gasteiger partial charge in [0.05, 0.1) is 37.6 Å². The first kappa shape index (κ1) is 52.8. The summed E-state index contributed by atoms with van der Waals surface area (Å²) >= 11 is 0. The minimum atomic E-state index is -1.76. The van der Waals surface area contributed by atoms with Gasteiger partial charge < -0.3 is 94.8 Å². The van der Waals surface area contributed by atoms with Crippen LogP contribution < -0.4 is 0 Å². The minimum absolute atomic E-state index is 0.0742. The Hall–Kier alpha value is -1.02. The Morgan fingerprint density at radius 3 is 2.00 bits per heavy atom. The third-order valence-electron chi connectivity index (χ3n) is 18.4. The summed E-state index contributed by atoms with van der Waals surface area (Å²) in [5.74, 6) is 0.252. The van der Waals surface area contributed by atoms with E-state index in [-0.39, 0.29) is 34.0 Å². The molecule has 382 valence electrons. The van der Waals surface area contributed by atoms with E-state index in [1.54, 1.807) is 0 Å². The second kappa shape index (κ2) is 19.2. The highest BCUT2D eigenvalue weighted by Gasteiger charge is 2.68. The van der Waals surface area contributed by atoms with E-state index in [4.69, 9.17) is 28.4 Å². The van der Waals surface area contributed by atoms with Crippen molar-refractivity contribution in [2.24, 2.45) is 45.3 Å². The zero-order chi connectivity index (χ0) is 48.8. The molecule has 4 aliphatic carbocycles. The Labute approximate surface area is 387 Å². The fraction of sp³-hybridized carbons (Fsp3) is 0.957. The molecule has 0 aromatic rings. The summed E-state index contributed by atoms with van der Waals surface area (Å²) in [7, 11) is 0. The van der Waals surface area contributed by atoms with Crippen LogP contribution in [0, 0.1) is 45.3 Å². The van der Waals surface area contributed by atoms with Crippen molar-refractivity contribution in [1.82, 2.24) is 0 Å². The first-order valence-electron chi connectivity index (χ1n) is 24.0. The lowest BCUT2D eigenvalue weighted by atomic mass is 9.39. The quantitative estimate of drug-likeness (QED) is 0.0940. The summed E-state index contributed by atoms with van der Waals surface area (Å²) in [6, 6.07) is 0. The van der Waals surface area contributed by atoms with Crippen LogP contribution in [-0.2, 0) is 28.4 Å². The molecule has 7 aliphatic rings. The Bertz CT molecular complexity index is 1690. The second-order valence-corrected chi connectivity index (χ2v) is 22.8. The van der Waals surface area contributed by atoms with Gasteiger partial charge in [-0.25, -0.2) is 0 Å². The lowest BCUT2D eigenvalue weighted by Crippen LogP contribution is -2.65. The van der Waals surface area contributed by atoms with Crippen LogP contribution in [-0.4, -0.2) is 202 Å². The van der Waals surface area contributed by atoms with E-state index in [0.29, 0.717) is 12.3 Å². The van der Waals surface area contributed by atoms with E-state index in [1.807, 2.05) is 6.92 Å². The maximum atomic E-state index is 11.7. The summed E-state index contributed by atoms with van der Waals surface area (Å²) in [6.07, 6.45) is -18.8. The number of aliphatic hydroxyl groups is 13. The molecule has 3 heterocycles. The zero-order valence-corrected chi connectivity index (χ0v) is 39.6. The van der Waals surface area contributed by atoms with Crippen LogP contribution in [0.15, 0.2) is 11.6 Å². The van der Waals surface area contributed by atoms with Gasteiger partial charge in [-0.3, -0.25) is 0 Å². The van der Waals surface area contributed by atoms with Crippen molar-refractivity contribution in [1.29, 1.82) is 0 Å². The van der Waals surface area contributed by atoms with Crippen molar-refractivity contribution in [2.75, 3.05) is 19.8 Å². The number of ether oxygens (including phenoxy) is 6. The SMILES string of the molecule is C[C@@H]([C@H](O)[C@H](O)[C@@H](O)C(C)(C)O)[C@H]1CC[C@]2(C)[C@@H]3CC=C4[C@H](CC[C@H](O[C@@H]5O[C@H](CO[C@@H]6O[C@H](CO)[C@@H](O)[C@H](O)[C@@H]6O)[C@@H](O[C@@H]6OC[C@@H](O)[C@H](O)[C@@H]6O)[C@@H](O)[C@@H]5O)C4(C)C)[C@]3(C)CC[C@]12C. The minimum Gasteiger partial charge on any atom is -0.394 e. The average molecular weight is 949 g/mol. The third-order valence-corrected chi connectivity index (χ3v) is 18.4. The molecule has 19 heteroatoms. The Kier molecular flexibility index (Phi) is 15.4. The molecule has 19 nitrogen and oxygen atoms in total. The van der Waals surface area contributed by atoms with Crippen LogP contribution in [0.25, 0.3) is 0 Å². The van der Waals surface area contributed by atoms with Gasteiger partial charge in [0.2, 0.25) is 0 Å². The lowest BCUT2D eigenvalue weighted by Gasteiger charge is -2.66. The fourth-order valence-corrected chi connectivity index (χ4v) is 13.9. The molecule has 0 bridgehead atoms. The third kappa shape index (κ3) is 8.89.